The second-order valence-corrected chi connectivity index (χ2v) is 3.78. The lowest BCUT2D eigenvalue weighted by molar-refractivity contribution is -0.130. The van der Waals surface area contributed by atoms with Crippen LogP contribution in [0.2, 0.25) is 0 Å². The minimum atomic E-state index is -0.313. The highest BCUT2D eigenvalue weighted by Gasteiger charge is 2.11. The summed E-state index contributed by atoms with van der Waals surface area (Å²) in [5.74, 6) is -0.0182. The zero-order valence-electron chi connectivity index (χ0n) is 10.7. The van der Waals surface area contributed by atoms with Gasteiger partial charge in [0.15, 0.2) is 0 Å². The predicted molar refractivity (Wildman–Crippen MR) is 67.9 cm³/mol. The van der Waals surface area contributed by atoms with Crippen molar-refractivity contribution in [3.05, 3.63) is 11.8 Å². The first kappa shape index (κ1) is 14.0. The van der Waals surface area contributed by atoms with Crippen molar-refractivity contribution in [3.8, 4) is 0 Å². The van der Waals surface area contributed by atoms with Gasteiger partial charge >= 0.3 is 0 Å². The van der Waals surface area contributed by atoms with E-state index in [1.54, 1.807) is 4.90 Å². The molecule has 0 fully saturated rings. The highest BCUT2D eigenvalue weighted by atomic mass is 16.2. The van der Waals surface area contributed by atoms with Crippen LogP contribution in [0, 0.1) is 0 Å². The molecule has 0 aliphatic heterocycles. The van der Waals surface area contributed by atoms with Crippen LogP contribution in [0.1, 0.15) is 30.8 Å². The number of H-pyrrole nitrogens is 1. The molecule has 7 heteroatoms. The molecule has 1 aromatic heterocycles. The Balaban J connectivity index is 2.34. The van der Waals surface area contributed by atoms with Gasteiger partial charge in [-0.05, 0) is 13.8 Å². The molecule has 0 bridgehead atoms. The second-order valence-electron chi connectivity index (χ2n) is 3.78. The van der Waals surface area contributed by atoms with Crippen LogP contribution in [0.4, 0.5) is 5.82 Å². The van der Waals surface area contributed by atoms with E-state index in [4.69, 9.17) is 5.73 Å². The number of aromatic nitrogens is 2. The number of nitrogen functional groups attached to an aromatic ring is 1. The third kappa shape index (κ3) is 3.76. The lowest BCUT2D eigenvalue weighted by Crippen LogP contribution is -2.34. The van der Waals surface area contributed by atoms with Crippen molar-refractivity contribution in [2.75, 3.05) is 25.4 Å². The molecule has 0 radical (unpaired) electrons. The van der Waals surface area contributed by atoms with Crippen LogP contribution in [-0.2, 0) is 4.79 Å². The van der Waals surface area contributed by atoms with E-state index in [1.807, 2.05) is 13.8 Å². The van der Waals surface area contributed by atoms with E-state index in [9.17, 15) is 9.59 Å². The normalized spacial score (nSPS) is 10.1. The molecule has 0 aliphatic carbocycles. The minimum absolute atomic E-state index is 0.0319. The number of amides is 2. The maximum atomic E-state index is 11.7. The zero-order valence-corrected chi connectivity index (χ0v) is 10.7. The number of aromatic amines is 1. The molecule has 4 N–H and O–H groups in total. The van der Waals surface area contributed by atoms with Gasteiger partial charge in [-0.3, -0.25) is 14.7 Å². The van der Waals surface area contributed by atoms with Gasteiger partial charge in [0.1, 0.15) is 11.5 Å². The molecule has 100 valence electrons. The van der Waals surface area contributed by atoms with Gasteiger partial charge in [0.05, 0.1) is 0 Å². The molecule has 0 saturated heterocycles. The lowest BCUT2D eigenvalue weighted by Gasteiger charge is -2.18. The lowest BCUT2D eigenvalue weighted by atomic mass is 10.3. The van der Waals surface area contributed by atoms with E-state index in [0.29, 0.717) is 25.3 Å². The summed E-state index contributed by atoms with van der Waals surface area (Å²) in [6, 6.07) is 1.45. The Morgan fingerprint density at radius 2 is 2.11 bits per heavy atom. The molecule has 7 nitrogen and oxygen atoms in total. The smallest absolute Gasteiger partial charge is 0.269 e. The Morgan fingerprint density at radius 3 is 2.61 bits per heavy atom. The number of hydrogen-bond acceptors (Lipinski definition) is 4. The fraction of sp³-hybridized carbons (Fsp3) is 0.545. The summed E-state index contributed by atoms with van der Waals surface area (Å²) in [7, 11) is 0. The summed E-state index contributed by atoms with van der Waals surface area (Å²) in [4.78, 5) is 25.0. The molecule has 2 amide bonds. The molecular weight excluding hydrogens is 234 g/mol. The molecule has 1 aromatic rings. The molecule has 0 saturated carbocycles. The number of anilines is 1. The van der Waals surface area contributed by atoms with Crippen molar-refractivity contribution < 1.29 is 9.59 Å². The van der Waals surface area contributed by atoms with Crippen LogP contribution in [-0.4, -0.2) is 46.5 Å². The van der Waals surface area contributed by atoms with E-state index < -0.39 is 0 Å². The highest BCUT2D eigenvalue weighted by molar-refractivity contribution is 5.93. The Kier molecular flexibility index (Phi) is 5.16. The Labute approximate surface area is 106 Å². The maximum Gasteiger partial charge on any atom is 0.269 e. The van der Waals surface area contributed by atoms with Gasteiger partial charge in [0.25, 0.3) is 5.91 Å². The molecular formula is C11H19N5O2. The number of rotatable bonds is 6. The topological polar surface area (TPSA) is 104 Å². The van der Waals surface area contributed by atoms with Crippen LogP contribution >= 0.6 is 0 Å². The largest absolute Gasteiger partial charge is 0.382 e. The maximum absolute atomic E-state index is 11.7. The average molecular weight is 253 g/mol. The summed E-state index contributed by atoms with van der Waals surface area (Å²) in [6.45, 7) is 5.51. The van der Waals surface area contributed by atoms with Gasteiger partial charge in [0.2, 0.25) is 5.91 Å². The Morgan fingerprint density at radius 1 is 1.44 bits per heavy atom. The summed E-state index contributed by atoms with van der Waals surface area (Å²) >= 11 is 0. The molecule has 1 heterocycles. The minimum Gasteiger partial charge on any atom is -0.382 e. The van der Waals surface area contributed by atoms with Crippen LogP contribution < -0.4 is 11.1 Å². The third-order valence-corrected chi connectivity index (χ3v) is 2.58. The number of carbonyl (C=O) groups is 2. The number of nitrogens with one attached hydrogen (secondary N) is 2. The summed E-state index contributed by atoms with van der Waals surface area (Å²) in [5, 5.41) is 8.79. The van der Waals surface area contributed by atoms with E-state index >= 15 is 0 Å². The summed E-state index contributed by atoms with van der Waals surface area (Å²) in [6.07, 6.45) is 0.289. The predicted octanol–water partition coefficient (Wildman–Crippen LogP) is -0.0198. The van der Waals surface area contributed by atoms with E-state index in [2.05, 4.69) is 15.5 Å². The van der Waals surface area contributed by atoms with Gasteiger partial charge in [-0.2, -0.15) is 5.10 Å². The Bertz CT molecular complexity index is 411. The summed E-state index contributed by atoms with van der Waals surface area (Å²) < 4.78 is 0. The van der Waals surface area contributed by atoms with Crippen molar-refractivity contribution in [1.82, 2.24) is 20.4 Å². The van der Waals surface area contributed by atoms with Gasteiger partial charge < -0.3 is 16.0 Å². The monoisotopic (exact) mass is 253 g/mol. The molecule has 18 heavy (non-hydrogen) atoms. The zero-order chi connectivity index (χ0) is 13.5. The van der Waals surface area contributed by atoms with Crippen LogP contribution in [0.5, 0.6) is 0 Å². The highest BCUT2D eigenvalue weighted by Crippen LogP contribution is 2.00. The van der Waals surface area contributed by atoms with Crippen molar-refractivity contribution in [2.45, 2.75) is 20.3 Å². The Hall–Kier alpha value is -2.05. The first-order valence-electron chi connectivity index (χ1n) is 5.95. The van der Waals surface area contributed by atoms with Gasteiger partial charge in [-0.15, -0.1) is 0 Å². The van der Waals surface area contributed by atoms with E-state index in [0.717, 1.165) is 0 Å². The number of carbonyl (C=O) groups excluding carboxylic acids is 2. The molecule has 0 spiro atoms. The van der Waals surface area contributed by atoms with Crippen molar-refractivity contribution in [3.63, 3.8) is 0 Å². The number of nitrogens with two attached hydrogens (primary N) is 1. The fourth-order valence-electron chi connectivity index (χ4n) is 1.57. The quantitative estimate of drug-likeness (QED) is 0.662. The molecule has 0 aliphatic rings. The van der Waals surface area contributed by atoms with Crippen LogP contribution in [0.3, 0.4) is 0 Å². The first-order chi connectivity index (χ1) is 8.58. The molecule has 1 rings (SSSR count). The second kappa shape index (κ2) is 6.63. The van der Waals surface area contributed by atoms with Gasteiger partial charge in [-0.25, -0.2) is 0 Å². The summed E-state index contributed by atoms with van der Waals surface area (Å²) in [5.41, 5.74) is 5.68. The van der Waals surface area contributed by atoms with Crippen LogP contribution in [0.25, 0.3) is 0 Å². The van der Waals surface area contributed by atoms with E-state index in [-0.39, 0.29) is 24.1 Å². The van der Waals surface area contributed by atoms with Crippen LogP contribution in [0.15, 0.2) is 6.07 Å². The van der Waals surface area contributed by atoms with Crippen molar-refractivity contribution in [2.24, 2.45) is 0 Å². The molecule has 0 unspecified atom stereocenters. The van der Waals surface area contributed by atoms with Gasteiger partial charge in [0, 0.05) is 32.1 Å². The van der Waals surface area contributed by atoms with E-state index in [1.165, 1.54) is 6.07 Å². The standard InChI is InChI=1S/C11H19N5O2/c1-3-16(4-2)10(17)5-6-13-11(18)8-7-9(12)15-14-8/h7H,3-6H2,1-2H3,(H,13,18)(H3,12,14,15). The van der Waals surface area contributed by atoms with Gasteiger partial charge in [-0.1, -0.05) is 0 Å². The third-order valence-electron chi connectivity index (χ3n) is 2.58. The first-order valence-corrected chi connectivity index (χ1v) is 5.95. The average Bonchev–Trinajstić information content (AvgIpc) is 2.77. The molecule has 0 aromatic carbocycles. The number of hydrogen-bond donors (Lipinski definition) is 3. The van der Waals surface area contributed by atoms with Crippen molar-refractivity contribution >= 4 is 17.6 Å². The molecule has 0 atom stereocenters. The number of nitrogens with zero attached hydrogens (tertiary/aromatic N) is 2. The van der Waals surface area contributed by atoms with Crippen molar-refractivity contribution in [1.29, 1.82) is 0 Å². The SMILES string of the molecule is CCN(CC)C(=O)CCNC(=O)c1cc(N)n[nH]1. The fourth-order valence-corrected chi connectivity index (χ4v) is 1.57.